The van der Waals surface area contributed by atoms with Crippen LogP contribution in [0.2, 0.25) is 0 Å². The summed E-state index contributed by atoms with van der Waals surface area (Å²) in [5, 5.41) is 13.3. The predicted octanol–water partition coefficient (Wildman–Crippen LogP) is 7.61. The van der Waals surface area contributed by atoms with Gasteiger partial charge in [-0.15, -0.1) is 0 Å². The summed E-state index contributed by atoms with van der Waals surface area (Å²) in [4.78, 5) is 12.0. The van der Waals surface area contributed by atoms with Gasteiger partial charge in [-0.2, -0.15) is 0 Å². The molecule has 204 valence electrons. The molecule has 0 bridgehead atoms. The fourth-order valence-corrected chi connectivity index (χ4v) is 4.35. The molecule has 6 nitrogen and oxygen atoms in total. The monoisotopic (exact) mass is 538 g/mol. The molecule has 0 saturated carbocycles. The van der Waals surface area contributed by atoms with Crippen LogP contribution < -0.4 is 11.1 Å². The van der Waals surface area contributed by atoms with Gasteiger partial charge in [0, 0.05) is 52.2 Å². The van der Waals surface area contributed by atoms with Crippen LogP contribution in [0, 0.1) is 5.41 Å². The number of allylic oxidation sites excluding steroid dienone is 8. The van der Waals surface area contributed by atoms with Crippen LogP contribution in [0.25, 0.3) is 27.9 Å². The summed E-state index contributed by atoms with van der Waals surface area (Å²) in [5.41, 5.74) is 14.9. The van der Waals surface area contributed by atoms with E-state index in [-0.39, 0.29) is 5.71 Å². The summed E-state index contributed by atoms with van der Waals surface area (Å²) in [5.74, 6) is 0. The number of rotatable bonds is 11. The van der Waals surface area contributed by atoms with Gasteiger partial charge in [-0.3, -0.25) is 10.4 Å². The summed E-state index contributed by atoms with van der Waals surface area (Å²) in [6.07, 6.45) is 14.5. The van der Waals surface area contributed by atoms with Crippen molar-refractivity contribution in [3.8, 4) is 11.1 Å². The second-order valence-electron chi connectivity index (χ2n) is 9.27. The maximum Gasteiger partial charge on any atom is 0.138 e. The van der Waals surface area contributed by atoms with Crippen LogP contribution in [0.1, 0.15) is 25.1 Å². The number of aromatic nitrogens is 3. The minimum absolute atomic E-state index is 0.232. The topological polar surface area (TPSA) is 103 Å². The van der Waals surface area contributed by atoms with Crippen LogP contribution in [-0.4, -0.2) is 20.7 Å². The van der Waals surface area contributed by atoms with Crippen LogP contribution >= 0.6 is 0 Å². The van der Waals surface area contributed by atoms with Crippen LogP contribution in [0.15, 0.2) is 151 Å². The Labute approximate surface area is 241 Å². The number of hydrogen-bond donors (Lipinski definition) is 4. The van der Waals surface area contributed by atoms with E-state index in [1.165, 1.54) is 0 Å². The van der Waals surface area contributed by atoms with Crippen LogP contribution in [-0.2, 0) is 0 Å². The van der Waals surface area contributed by atoms with Gasteiger partial charge in [0.15, 0.2) is 0 Å². The summed E-state index contributed by atoms with van der Waals surface area (Å²) < 4.78 is 0. The Balaban J connectivity index is 1.66. The lowest BCUT2D eigenvalue weighted by Gasteiger charge is -2.13. The minimum atomic E-state index is 0.232. The first-order valence-electron chi connectivity index (χ1n) is 13.2. The predicted molar refractivity (Wildman–Crippen MR) is 172 cm³/mol. The zero-order valence-corrected chi connectivity index (χ0v) is 23.4. The highest BCUT2D eigenvalue weighted by Crippen LogP contribution is 2.29. The van der Waals surface area contributed by atoms with Gasteiger partial charge in [-0.05, 0) is 72.5 Å². The lowest BCUT2D eigenvalue weighted by Crippen LogP contribution is -2.13. The first kappa shape index (κ1) is 28.5. The SMILES string of the molecule is C=C/C(=C\C(=C/C)C(=C)/C=C(C(=N)c1cc2c(-c3cccnc3)ccnc2[nH]1)\C(N)=C/C)NC(=C)c1ccccc1. The molecule has 0 spiro atoms. The molecule has 0 unspecified atom stereocenters. The maximum atomic E-state index is 9.11. The zero-order chi connectivity index (χ0) is 29.4. The van der Waals surface area contributed by atoms with Crippen LogP contribution in [0.3, 0.4) is 0 Å². The number of aromatic amines is 1. The lowest BCUT2D eigenvalue weighted by atomic mass is 9.97. The van der Waals surface area contributed by atoms with Gasteiger partial charge in [-0.1, -0.05) is 68.3 Å². The Kier molecular flexibility index (Phi) is 9.07. The van der Waals surface area contributed by atoms with E-state index in [4.69, 9.17) is 11.1 Å². The number of benzene rings is 1. The molecular formula is C35H34N6. The molecule has 3 aromatic heterocycles. The quantitative estimate of drug-likeness (QED) is 0.116. The van der Waals surface area contributed by atoms with Crippen molar-refractivity contribution in [1.29, 1.82) is 5.41 Å². The number of nitrogens with two attached hydrogens (primary N) is 1. The summed E-state index contributed by atoms with van der Waals surface area (Å²) in [6.45, 7) is 16.2. The van der Waals surface area contributed by atoms with Gasteiger partial charge in [0.2, 0.25) is 0 Å². The van der Waals surface area contributed by atoms with E-state index in [1.54, 1.807) is 24.5 Å². The summed E-state index contributed by atoms with van der Waals surface area (Å²) in [7, 11) is 0. The molecule has 0 radical (unpaired) electrons. The first-order chi connectivity index (χ1) is 19.9. The second kappa shape index (κ2) is 13.0. The van der Waals surface area contributed by atoms with E-state index < -0.39 is 0 Å². The Bertz CT molecular complexity index is 1730. The molecule has 4 rings (SSSR count). The molecule has 3 heterocycles. The molecule has 0 aliphatic rings. The fraction of sp³-hybridized carbons (Fsp3) is 0.0571. The third kappa shape index (κ3) is 6.57. The number of nitrogens with zero attached hydrogens (tertiary/aromatic N) is 2. The molecule has 0 atom stereocenters. The standard InChI is InChI=1S/C35H34N6/c1-6-25(20-28(7-2)40-24(5)26-13-10-9-11-14-26)23(4)19-31(32(36)8-3)34(37)33-21-30-29(16-18-39-35(30)41-33)27-15-12-17-38-22-27/h6-22,37,40H,2,4-5,36H2,1,3H3,(H,39,41)/b25-6+,28-20+,31-19+,32-8+,37-34?. The average Bonchev–Trinajstić information content (AvgIpc) is 3.46. The van der Waals surface area contributed by atoms with E-state index in [1.807, 2.05) is 92.9 Å². The molecule has 0 saturated heterocycles. The number of pyridine rings is 2. The van der Waals surface area contributed by atoms with E-state index in [0.717, 1.165) is 39.0 Å². The first-order valence-corrected chi connectivity index (χ1v) is 13.2. The third-order valence-electron chi connectivity index (χ3n) is 6.61. The van der Waals surface area contributed by atoms with Gasteiger partial charge in [0.05, 0.1) is 11.4 Å². The van der Waals surface area contributed by atoms with Crippen molar-refractivity contribution >= 4 is 22.4 Å². The molecule has 0 aliphatic heterocycles. The molecule has 0 amide bonds. The largest absolute Gasteiger partial charge is 0.398 e. The average molecular weight is 539 g/mol. The molecule has 4 aromatic rings. The van der Waals surface area contributed by atoms with Crippen molar-refractivity contribution in [1.82, 2.24) is 20.3 Å². The summed E-state index contributed by atoms with van der Waals surface area (Å²) >= 11 is 0. The zero-order valence-electron chi connectivity index (χ0n) is 23.4. The Morgan fingerprint density at radius 2 is 1.78 bits per heavy atom. The molecule has 5 N–H and O–H groups in total. The van der Waals surface area contributed by atoms with E-state index >= 15 is 0 Å². The Morgan fingerprint density at radius 3 is 2.44 bits per heavy atom. The van der Waals surface area contributed by atoms with E-state index in [2.05, 4.69) is 40.0 Å². The van der Waals surface area contributed by atoms with Crippen LogP contribution in [0.4, 0.5) is 0 Å². The second-order valence-corrected chi connectivity index (χ2v) is 9.27. The normalized spacial score (nSPS) is 12.7. The highest BCUT2D eigenvalue weighted by Gasteiger charge is 2.16. The highest BCUT2D eigenvalue weighted by atomic mass is 14.9. The number of fused-ring (bicyclic) bond motifs is 1. The maximum absolute atomic E-state index is 9.11. The molecular weight excluding hydrogens is 504 g/mol. The smallest absolute Gasteiger partial charge is 0.138 e. The fourth-order valence-electron chi connectivity index (χ4n) is 4.35. The molecule has 0 aliphatic carbocycles. The third-order valence-corrected chi connectivity index (χ3v) is 6.61. The minimum Gasteiger partial charge on any atom is -0.398 e. The molecule has 0 fully saturated rings. The molecule has 6 heteroatoms. The van der Waals surface area contributed by atoms with Gasteiger partial charge >= 0.3 is 0 Å². The Morgan fingerprint density at radius 1 is 1.00 bits per heavy atom. The van der Waals surface area contributed by atoms with Gasteiger partial charge in [0.1, 0.15) is 5.65 Å². The number of hydrogen-bond acceptors (Lipinski definition) is 5. The lowest BCUT2D eigenvalue weighted by molar-refractivity contribution is 1.13. The van der Waals surface area contributed by atoms with E-state index in [0.29, 0.717) is 28.2 Å². The van der Waals surface area contributed by atoms with Crippen molar-refractivity contribution in [2.24, 2.45) is 5.73 Å². The van der Waals surface area contributed by atoms with Gasteiger partial charge < -0.3 is 16.0 Å². The van der Waals surface area contributed by atoms with Crippen molar-refractivity contribution in [2.45, 2.75) is 13.8 Å². The van der Waals surface area contributed by atoms with Crippen molar-refractivity contribution < 1.29 is 0 Å². The van der Waals surface area contributed by atoms with Crippen molar-refractivity contribution in [3.05, 3.63) is 163 Å². The Hall–Kier alpha value is -5.49. The van der Waals surface area contributed by atoms with Gasteiger partial charge in [-0.25, -0.2) is 4.98 Å². The van der Waals surface area contributed by atoms with Crippen LogP contribution in [0.5, 0.6) is 0 Å². The van der Waals surface area contributed by atoms with E-state index in [9.17, 15) is 0 Å². The van der Waals surface area contributed by atoms with Gasteiger partial charge in [0.25, 0.3) is 0 Å². The van der Waals surface area contributed by atoms with Crippen molar-refractivity contribution in [3.63, 3.8) is 0 Å². The molecule has 1 aromatic carbocycles. The summed E-state index contributed by atoms with van der Waals surface area (Å²) in [6, 6.07) is 17.7. The highest BCUT2D eigenvalue weighted by molar-refractivity contribution is 6.15. The number of H-pyrrole nitrogens is 1. The molecule has 41 heavy (non-hydrogen) atoms. The number of nitrogens with one attached hydrogen (secondary N) is 3. The van der Waals surface area contributed by atoms with Crippen molar-refractivity contribution in [2.75, 3.05) is 0 Å².